The Balaban J connectivity index is 1.77. The van der Waals surface area contributed by atoms with Crippen molar-refractivity contribution in [3.05, 3.63) is 70.0 Å². The van der Waals surface area contributed by atoms with Crippen molar-refractivity contribution in [3.8, 4) is 17.0 Å². The fourth-order valence-corrected chi connectivity index (χ4v) is 3.57. The lowest BCUT2D eigenvalue weighted by molar-refractivity contribution is 0.305. The van der Waals surface area contributed by atoms with Crippen LogP contribution < -0.4 is 10.5 Å². The average molecular weight is 294 g/mol. The Morgan fingerprint density at radius 2 is 1.81 bits per heavy atom. The molecule has 1 aliphatic heterocycles. The molecule has 3 aromatic rings. The fourth-order valence-electron chi connectivity index (χ4n) is 2.55. The summed E-state index contributed by atoms with van der Waals surface area (Å²) in [6.45, 7) is 0.575. The van der Waals surface area contributed by atoms with Crippen LogP contribution in [0.1, 0.15) is 21.5 Å². The van der Waals surface area contributed by atoms with Crippen molar-refractivity contribution in [1.29, 1.82) is 0 Å². The Kier molecular flexibility index (Phi) is 2.98. The van der Waals surface area contributed by atoms with Gasteiger partial charge in [0.25, 0.3) is 0 Å². The molecule has 0 saturated carbocycles. The predicted octanol–water partition coefficient (Wildman–Crippen LogP) is 3.75. The third-order valence-electron chi connectivity index (χ3n) is 3.64. The zero-order chi connectivity index (χ0) is 14.2. The third-order valence-corrected chi connectivity index (χ3v) is 4.75. The van der Waals surface area contributed by atoms with Gasteiger partial charge in [-0.1, -0.05) is 42.5 Å². The first-order chi connectivity index (χ1) is 10.3. The smallest absolute Gasteiger partial charge is 0.129 e. The van der Waals surface area contributed by atoms with Crippen molar-refractivity contribution in [1.82, 2.24) is 4.98 Å². The molecular weight excluding hydrogens is 280 g/mol. The maximum absolute atomic E-state index is 6.36. The van der Waals surface area contributed by atoms with Gasteiger partial charge in [0.1, 0.15) is 17.4 Å². The van der Waals surface area contributed by atoms with E-state index in [1.54, 1.807) is 11.3 Å². The van der Waals surface area contributed by atoms with Crippen LogP contribution in [0.2, 0.25) is 0 Å². The van der Waals surface area contributed by atoms with Gasteiger partial charge in [-0.05, 0) is 17.7 Å². The van der Waals surface area contributed by atoms with Crippen molar-refractivity contribution in [2.75, 3.05) is 0 Å². The summed E-state index contributed by atoms with van der Waals surface area (Å²) >= 11 is 1.64. The number of hydrogen-bond acceptors (Lipinski definition) is 4. The van der Waals surface area contributed by atoms with Crippen LogP contribution in [0.3, 0.4) is 0 Å². The zero-order valence-electron chi connectivity index (χ0n) is 11.3. The normalized spacial score (nSPS) is 14.0. The predicted molar refractivity (Wildman–Crippen MR) is 84.4 cm³/mol. The molecule has 2 aromatic carbocycles. The van der Waals surface area contributed by atoms with Gasteiger partial charge in [-0.15, -0.1) is 11.3 Å². The van der Waals surface area contributed by atoms with Crippen molar-refractivity contribution in [2.45, 2.75) is 12.6 Å². The quantitative estimate of drug-likeness (QED) is 0.783. The van der Waals surface area contributed by atoms with Gasteiger partial charge < -0.3 is 10.5 Å². The minimum Gasteiger partial charge on any atom is -0.487 e. The van der Waals surface area contributed by atoms with Crippen LogP contribution in [-0.4, -0.2) is 4.98 Å². The Morgan fingerprint density at radius 1 is 1.05 bits per heavy atom. The van der Waals surface area contributed by atoms with Crippen LogP contribution >= 0.6 is 11.3 Å². The fraction of sp³-hybridized carbons (Fsp3) is 0.118. The number of benzene rings is 2. The number of ether oxygens (including phenoxy) is 1. The Bertz CT molecular complexity index is 782. The van der Waals surface area contributed by atoms with Gasteiger partial charge in [-0.25, -0.2) is 4.98 Å². The SMILES string of the molecule is NC(c1ccccc1)c1nc2c(s1)COc1ccccc1-2. The first kappa shape index (κ1) is 12.6. The molecule has 2 heterocycles. The minimum absolute atomic E-state index is 0.186. The molecule has 0 amide bonds. The summed E-state index contributed by atoms with van der Waals surface area (Å²) in [7, 11) is 0. The molecule has 2 N–H and O–H groups in total. The molecule has 104 valence electrons. The van der Waals surface area contributed by atoms with Crippen LogP contribution in [0.15, 0.2) is 54.6 Å². The van der Waals surface area contributed by atoms with Gasteiger partial charge in [-0.2, -0.15) is 0 Å². The maximum atomic E-state index is 6.36. The van der Waals surface area contributed by atoms with Crippen molar-refractivity contribution < 1.29 is 4.74 Å². The number of thiazole rings is 1. The molecule has 4 rings (SSSR count). The van der Waals surface area contributed by atoms with Gasteiger partial charge in [0, 0.05) is 5.56 Å². The highest BCUT2D eigenvalue weighted by atomic mass is 32.1. The second-order valence-electron chi connectivity index (χ2n) is 5.00. The number of nitrogens with zero attached hydrogens (tertiary/aromatic N) is 1. The van der Waals surface area contributed by atoms with Gasteiger partial charge in [0.05, 0.1) is 16.6 Å². The van der Waals surface area contributed by atoms with Gasteiger partial charge in [0.2, 0.25) is 0 Å². The molecule has 1 unspecified atom stereocenters. The molecule has 1 atom stereocenters. The van der Waals surface area contributed by atoms with Crippen molar-refractivity contribution in [2.24, 2.45) is 5.73 Å². The number of nitrogens with two attached hydrogens (primary N) is 1. The maximum Gasteiger partial charge on any atom is 0.129 e. The Hall–Kier alpha value is -2.17. The summed E-state index contributed by atoms with van der Waals surface area (Å²) in [6.07, 6.45) is 0. The van der Waals surface area contributed by atoms with Gasteiger partial charge in [-0.3, -0.25) is 0 Å². The number of rotatable bonds is 2. The van der Waals surface area contributed by atoms with Crippen LogP contribution in [0, 0.1) is 0 Å². The lowest BCUT2D eigenvalue weighted by Crippen LogP contribution is -2.11. The highest BCUT2D eigenvalue weighted by molar-refractivity contribution is 7.12. The first-order valence-electron chi connectivity index (χ1n) is 6.85. The second kappa shape index (κ2) is 4.98. The molecule has 3 nitrogen and oxygen atoms in total. The number of aromatic nitrogens is 1. The van der Waals surface area contributed by atoms with Crippen LogP contribution in [0.4, 0.5) is 0 Å². The average Bonchev–Trinajstić information content (AvgIpc) is 2.99. The number of para-hydroxylation sites is 1. The van der Waals surface area contributed by atoms with E-state index in [2.05, 4.69) is 0 Å². The van der Waals surface area contributed by atoms with Gasteiger partial charge >= 0.3 is 0 Å². The lowest BCUT2D eigenvalue weighted by atomic mass is 10.1. The molecule has 0 fully saturated rings. The molecule has 0 bridgehead atoms. The van der Waals surface area contributed by atoms with Crippen LogP contribution in [0.25, 0.3) is 11.3 Å². The van der Waals surface area contributed by atoms with Crippen molar-refractivity contribution in [3.63, 3.8) is 0 Å². The largest absolute Gasteiger partial charge is 0.487 e. The van der Waals surface area contributed by atoms with E-state index >= 15 is 0 Å². The molecule has 0 radical (unpaired) electrons. The van der Waals surface area contributed by atoms with E-state index in [1.165, 1.54) is 0 Å². The highest BCUT2D eigenvalue weighted by Crippen LogP contribution is 2.40. The summed E-state index contributed by atoms with van der Waals surface area (Å²) in [5.74, 6) is 0.898. The highest BCUT2D eigenvalue weighted by Gasteiger charge is 2.24. The number of fused-ring (bicyclic) bond motifs is 3. The minimum atomic E-state index is -0.186. The Morgan fingerprint density at radius 3 is 2.67 bits per heavy atom. The summed E-state index contributed by atoms with van der Waals surface area (Å²) in [5, 5.41) is 0.937. The van der Waals surface area contributed by atoms with Crippen molar-refractivity contribution >= 4 is 11.3 Å². The topological polar surface area (TPSA) is 48.1 Å². The van der Waals surface area contributed by atoms with Crippen LogP contribution in [-0.2, 0) is 6.61 Å². The molecule has 4 heteroatoms. The molecule has 0 aliphatic carbocycles. The van der Waals surface area contributed by atoms with E-state index in [4.69, 9.17) is 15.5 Å². The van der Waals surface area contributed by atoms with E-state index in [0.717, 1.165) is 32.5 Å². The third kappa shape index (κ3) is 2.13. The van der Waals surface area contributed by atoms with Gasteiger partial charge in [0.15, 0.2) is 0 Å². The monoisotopic (exact) mass is 294 g/mol. The zero-order valence-corrected chi connectivity index (χ0v) is 12.1. The molecule has 0 saturated heterocycles. The molecular formula is C17H14N2OS. The van der Waals surface area contributed by atoms with E-state index in [-0.39, 0.29) is 6.04 Å². The number of hydrogen-bond donors (Lipinski definition) is 1. The summed E-state index contributed by atoms with van der Waals surface area (Å²) in [4.78, 5) is 5.93. The molecule has 0 spiro atoms. The summed E-state index contributed by atoms with van der Waals surface area (Å²) in [6, 6.07) is 17.9. The van der Waals surface area contributed by atoms with E-state index in [9.17, 15) is 0 Å². The summed E-state index contributed by atoms with van der Waals surface area (Å²) in [5.41, 5.74) is 9.51. The summed E-state index contributed by atoms with van der Waals surface area (Å²) < 4.78 is 5.78. The van der Waals surface area contributed by atoms with Crippen LogP contribution in [0.5, 0.6) is 5.75 Å². The molecule has 21 heavy (non-hydrogen) atoms. The second-order valence-corrected chi connectivity index (χ2v) is 6.11. The van der Waals surface area contributed by atoms with E-state index in [1.807, 2.05) is 54.6 Å². The first-order valence-corrected chi connectivity index (χ1v) is 7.67. The lowest BCUT2D eigenvalue weighted by Gasteiger charge is -2.15. The standard InChI is InChI=1S/C17H14N2OS/c18-15(11-6-2-1-3-7-11)17-19-16-12-8-4-5-9-13(12)20-10-14(16)21-17/h1-9,15H,10,18H2. The van der Waals surface area contributed by atoms with E-state index in [0.29, 0.717) is 6.61 Å². The Labute approximate surface area is 127 Å². The molecule has 1 aliphatic rings. The molecule has 1 aromatic heterocycles. The van der Waals surface area contributed by atoms with E-state index < -0.39 is 0 Å².